The number of carboxylic acids is 1. The third-order valence-electron chi connectivity index (χ3n) is 4.24. The first kappa shape index (κ1) is 13.6. The number of hydrogen-bond donors (Lipinski definition) is 1. The van der Waals surface area contributed by atoms with Crippen LogP contribution in [0.1, 0.15) is 32.1 Å². The molecular formula is C12H18F3NO2. The third kappa shape index (κ3) is 2.96. The van der Waals surface area contributed by atoms with Gasteiger partial charge in [0.05, 0.1) is 11.8 Å². The van der Waals surface area contributed by atoms with Crippen LogP contribution in [-0.4, -0.2) is 41.3 Å². The first-order valence-corrected chi connectivity index (χ1v) is 6.41. The van der Waals surface area contributed by atoms with Crippen LogP contribution < -0.4 is 0 Å². The molecule has 0 radical (unpaired) electrons. The van der Waals surface area contributed by atoms with Gasteiger partial charge in [0.2, 0.25) is 0 Å². The molecule has 104 valence electrons. The van der Waals surface area contributed by atoms with Gasteiger partial charge in [-0.3, -0.25) is 9.69 Å². The molecule has 2 fully saturated rings. The highest BCUT2D eigenvalue weighted by molar-refractivity contribution is 5.70. The van der Waals surface area contributed by atoms with E-state index < -0.39 is 18.1 Å². The van der Waals surface area contributed by atoms with Gasteiger partial charge in [-0.05, 0) is 38.6 Å². The van der Waals surface area contributed by atoms with Crippen LogP contribution in [0.2, 0.25) is 0 Å². The molecule has 1 saturated heterocycles. The molecule has 0 spiro atoms. The van der Waals surface area contributed by atoms with Crippen molar-refractivity contribution in [1.29, 1.82) is 0 Å². The molecule has 0 aromatic rings. The topological polar surface area (TPSA) is 40.5 Å². The van der Waals surface area contributed by atoms with E-state index in [4.69, 9.17) is 5.11 Å². The molecule has 2 aliphatic rings. The Labute approximate surface area is 104 Å². The number of nitrogens with zero attached hydrogens (tertiary/aromatic N) is 1. The highest BCUT2D eigenvalue weighted by Crippen LogP contribution is 2.39. The van der Waals surface area contributed by atoms with Crippen LogP contribution in [0.25, 0.3) is 0 Å². The molecule has 0 aromatic carbocycles. The summed E-state index contributed by atoms with van der Waals surface area (Å²) in [6.45, 7) is 1.20. The summed E-state index contributed by atoms with van der Waals surface area (Å²) in [5, 5.41) is 8.90. The standard InChI is InChI=1S/C12H18F3NO2/c13-12(14,15)9-1-3-10(4-2-9)16-6-5-8(7-16)11(17)18/h8-10H,1-7H2,(H,17,18). The van der Waals surface area contributed by atoms with Gasteiger partial charge in [0, 0.05) is 12.6 Å². The van der Waals surface area contributed by atoms with Crippen LogP contribution in [0.5, 0.6) is 0 Å². The first-order chi connectivity index (χ1) is 8.38. The van der Waals surface area contributed by atoms with Gasteiger partial charge in [-0.1, -0.05) is 0 Å². The van der Waals surface area contributed by atoms with E-state index in [1.165, 1.54) is 0 Å². The second kappa shape index (κ2) is 5.07. The van der Waals surface area contributed by atoms with E-state index in [-0.39, 0.29) is 24.8 Å². The summed E-state index contributed by atoms with van der Waals surface area (Å²) in [6, 6.07) is 0.146. The molecule has 1 unspecified atom stereocenters. The van der Waals surface area contributed by atoms with Gasteiger partial charge in [0.1, 0.15) is 0 Å². The van der Waals surface area contributed by atoms with Crippen LogP contribution in [-0.2, 0) is 4.79 Å². The summed E-state index contributed by atoms with van der Waals surface area (Å²) in [6.07, 6.45) is -2.01. The molecule has 0 bridgehead atoms. The maximum Gasteiger partial charge on any atom is 0.391 e. The molecule has 1 heterocycles. The lowest BCUT2D eigenvalue weighted by Crippen LogP contribution is -2.39. The zero-order valence-corrected chi connectivity index (χ0v) is 10.1. The van der Waals surface area contributed by atoms with E-state index in [1.807, 2.05) is 0 Å². The van der Waals surface area contributed by atoms with Crippen molar-refractivity contribution in [3.63, 3.8) is 0 Å². The number of likely N-dealkylation sites (tertiary alicyclic amines) is 1. The average Bonchev–Trinajstić information content (AvgIpc) is 2.77. The van der Waals surface area contributed by atoms with E-state index in [2.05, 4.69) is 4.90 Å². The maximum absolute atomic E-state index is 12.5. The van der Waals surface area contributed by atoms with E-state index in [0.29, 0.717) is 32.4 Å². The summed E-state index contributed by atoms with van der Waals surface area (Å²) in [5.74, 6) is -2.29. The van der Waals surface area contributed by atoms with Gasteiger partial charge in [-0.25, -0.2) is 0 Å². The highest BCUT2D eigenvalue weighted by atomic mass is 19.4. The molecule has 1 aliphatic carbocycles. The predicted molar refractivity (Wildman–Crippen MR) is 59.1 cm³/mol. The fourth-order valence-corrected chi connectivity index (χ4v) is 3.09. The summed E-state index contributed by atoms with van der Waals surface area (Å²) in [7, 11) is 0. The molecule has 3 nitrogen and oxygen atoms in total. The number of carbonyl (C=O) groups is 1. The molecule has 1 N–H and O–H groups in total. The quantitative estimate of drug-likeness (QED) is 0.834. The molecule has 6 heteroatoms. The van der Waals surface area contributed by atoms with Crippen LogP contribution in [0, 0.1) is 11.8 Å². The van der Waals surface area contributed by atoms with Crippen molar-refractivity contribution in [2.24, 2.45) is 11.8 Å². The molecule has 18 heavy (non-hydrogen) atoms. The monoisotopic (exact) mass is 265 g/mol. The Morgan fingerprint density at radius 3 is 2.17 bits per heavy atom. The molecule has 1 saturated carbocycles. The minimum absolute atomic E-state index is 0.146. The number of carboxylic acid groups (broad SMARTS) is 1. The Bertz CT molecular complexity index is 311. The highest BCUT2D eigenvalue weighted by Gasteiger charge is 2.43. The number of hydrogen-bond acceptors (Lipinski definition) is 2. The summed E-state index contributed by atoms with van der Waals surface area (Å²) in [5.41, 5.74) is 0. The van der Waals surface area contributed by atoms with Crippen LogP contribution in [0.4, 0.5) is 13.2 Å². The number of rotatable bonds is 2. The SMILES string of the molecule is O=C(O)C1CCN(C2CCC(C(F)(F)F)CC2)C1. The van der Waals surface area contributed by atoms with Crippen molar-refractivity contribution < 1.29 is 23.1 Å². The number of halogens is 3. The van der Waals surface area contributed by atoms with Crippen molar-refractivity contribution in [2.75, 3.05) is 13.1 Å². The zero-order chi connectivity index (χ0) is 13.3. The molecule has 0 aromatic heterocycles. The summed E-state index contributed by atoms with van der Waals surface area (Å²) >= 11 is 0. The minimum Gasteiger partial charge on any atom is -0.481 e. The van der Waals surface area contributed by atoms with E-state index in [9.17, 15) is 18.0 Å². The molecular weight excluding hydrogens is 247 g/mol. The Kier molecular flexibility index (Phi) is 3.84. The van der Waals surface area contributed by atoms with Crippen LogP contribution in [0.3, 0.4) is 0 Å². The van der Waals surface area contributed by atoms with Gasteiger partial charge < -0.3 is 5.11 Å². The van der Waals surface area contributed by atoms with Crippen molar-refractivity contribution in [1.82, 2.24) is 4.90 Å². The van der Waals surface area contributed by atoms with E-state index in [0.717, 1.165) is 0 Å². The maximum atomic E-state index is 12.5. The number of aliphatic carboxylic acids is 1. The van der Waals surface area contributed by atoms with Gasteiger partial charge in [-0.15, -0.1) is 0 Å². The fourth-order valence-electron chi connectivity index (χ4n) is 3.09. The minimum atomic E-state index is -4.07. The van der Waals surface area contributed by atoms with Crippen molar-refractivity contribution >= 4 is 5.97 Å². The van der Waals surface area contributed by atoms with Gasteiger partial charge >= 0.3 is 12.1 Å². The van der Waals surface area contributed by atoms with Gasteiger partial charge in [0.25, 0.3) is 0 Å². The fraction of sp³-hybridized carbons (Fsp3) is 0.917. The summed E-state index contributed by atoms with van der Waals surface area (Å²) in [4.78, 5) is 12.9. The van der Waals surface area contributed by atoms with Crippen molar-refractivity contribution in [3.05, 3.63) is 0 Å². The Hall–Kier alpha value is -0.780. The smallest absolute Gasteiger partial charge is 0.391 e. The largest absolute Gasteiger partial charge is 0.481 e. The molecule has 1 atom stereocenters. The van der Waals surface area contributed by atoms with Crippen LogP contribution in [0.15, 0.2) is 0 Å². The second-order valence-corrected chi connectivity index (χ2v) is 5.37. The lowest BCUT2D eigenvalue weighted by atomic mass is 9.85. The molecule has 0 amide bonds. The van der Waals surface area contributed by atoms with Gasteiger partial charge in [0.15, 0.2) is 0 Å². The number of alkyl halides is 3. The second-order valence-electron chi connectivity index (χ2n) is 5.37. The lowest BCUT2D eigenvalue weighted by Gasteiger charge is -2.35. The van der Waals surface area contributed by atoms with Crippen molar-refractivity contribution in [3.8, 4) is 0 Å². The van der Waals surface area contributed by atoms with Crippen LogP contribution >= 0.6 is 0 Å². The third-order valence-corrected chi connectivity index (χ3v) is 4.24. The van der Waals surface area contributed by atoms with Gasteiger partial charge in [-0.2, -0.15) is 13.2 Å². The Morgan fingerprint density at radius 1 is 1.11 bits per heavy atom. The normalized spacial score (nSPS) is 34.7. The Morgan fingerprint density at radius 2 is 1.72 bits per heavy atom. The first-order valence-electron chi connectivity index (χ1n) is 6.41. The summed E-state index contributed by atoms with van der Waals surface area (Å²) < 4.78 is 37.6. The average molecular weight is 265 g/mol. The predicted octanol–water partition coefficient (Wildman–Crippen LogP) is 2.51. The molecule has 1 aliphatic heterocycles. The molecule has 2 rings (SSSR count). The zero-order valence-electron chi connectivity index (χ0n) is 10.1. The van der Waals surface area contributed by atoms with Crippen molar-refractivity contribution in [2.45, 2.75) is 44.3 Å². The lowest BCUT2D eigenvalue weighted by molar-refractivity contribution is -0.184. The Balaban J connectivity index is 1.82. The van der Waals surface area contributed by atoms with E-state index in [1.54, 1.807) is 0 Å². The van der Waals surface area contributed by atoms with E-state index >= 15 is 0 Å².